The Bertz CT molecular complexity index is 570. The number of aliphatic hydroxyl groups excluding tert-OH is 1. The van der Waals surface area contributed by atoms with Crippen LogP contribution in [0.2, 0.25) is 0 Å². The lowest BCUT2D eigenvalue weighted by molar-refractivity contribution is -0.131. The maximum atomic E-state index is 12.0. The summed E-state index contributed by atoms with van der Waals surface area (Å²) in [7, 11) is 0. The number of aliphatic hydroxyl groups is 1. The summed E-state index contributed by atoms with van der Waals surface area (Å²) in [5.74, 6) is -0.632. The van der Waals surface area contributed by atoms with Gasteiger partial charge in [0.25, 0.3) is 11.8 Å². The van der Waals surface area contributed by atoms with Gasteiger partial charge in [-0.25, -0.2) is 0 Å². The Balaban J connectivity index is 1.80. The van der Waals surface area contributed by atoms with Crippen LogP contribution in [0.3, 0.4) is 0 Å². The number of hydrazine groups is 1. The second-order valence-electron chi connectivity index (χ2n) is 6.61. The van der Waals surface area contributed by atoms with Gasteiger partial charge in [-0.1, -0.05) is 50.3 Å². The molecular weight excluding hydrogens is 306 g/mol. The lowest BCUT2D eigenvalue weighted by Crippen LogP contribution is -2.52. The molecule has 2 rings (SSSR count). The molecule has 0 radical (unpaired) electrons. The van der Waals surface area contributed by atoms with Crippen LogP contribution in [0.15, 0.2) is 24.3 Å². The van der Waals surface area contributed by atoms with E-state index in [4.69, 9.17) is 5.73 Å². The van der Waals surface area contributed by atoms with E-state index < -0.39 is 24.0 Å². The van der Waals surface area contributed by atoms with Gasteiger partial charge in [0.2, 0.25) is 0 Å². The van der Waals surface area contributed by atoms with Crippen molar-refractivity contribution >= 4 is 11.8 Å². The van der Waals surface area contributed by atoms with Crippen molar-refractivity contribution in [1.29, 1.82) is 0 Å². The van der Waals surface area contributed by atoms with Crippen LogP contribution in [0.5, 0.6) is 0 Å². The predicted molar refractivity (Wildman–Crippen MR) is 92.0 cm³/mol. The molecule has 2 amide bonds. The zero-order valence-corrected chi connectivity index (χ0v) is 14.1. The fourth-order valence-corrected chi connectivity index (χ4v) is 3.22. The molecule has 1 saturated carbocycles. The van der Waals surface area contributed by atoms with Gasteiger partial charge in [-0.3, -0.25) is 20.4 Å². The van der Waals surface area contributed by atoms with Gasteiger partial charge >= 0.3 is 0 Å². The van der Waals surface area contributed by atoms with Gasteiger partial charge in [0.15, 0.2) is 0 Å². The molecule has 5 N–H and O–H groups in total. The van der Waals surface area contributed by atoms with Crippen LogP contribution in [0.4, 0.5) is 0 Å². The largest absolute Gasteiger partial charge is 0.382 e. The van der Waals surface area contributed by atoms with Gasteiger partial charge in [-0.05, 0) is 30.9 Å². The molecule has 6 nitrogen and oxygen atoms in total. The van der Waals surface area contributed by atoms with Gasteiger partial charge < -0.3 is 10.8 Å². The zero-order chi connectivity index (χ0) is 17.5. The topological polar surface area (TPSA) is 104 Å². The molecule has 132 valence electrons. The highest BCUT2D eigenvalue weighted by molar-refractivity contribution is 5.97. The highest BCUT2D eigenvalue weighted by Crippen LogP contribution is 2.27. The van der Waals surface area contributed by atoms with Gasteiger partial charge in [0.1, 0.15) is 6.10 Å². The first-order chi connectivity index (χ1) is 11.5. The third kappa shape index (κ3) is 5.04. The summed E-state index contributed by atoms with van der Waals surface area (Å²) in [6.07, 6.45) is 5.13. The van der Waals surface area contributed by atoms with E-state index in [0.29, 0.717) is 17.9 Å². The number of hydrogen-bond donors (Lipinski definition) is 4. The second kappa shape index (κ2) is 8.80. The van der Waals surface area contributed by atoms with E-state index in [1.165, 1.54) is 19.3 Å². The van der Waals surface area contributed by atoms with Gasteiger partial charge in [-0.2, -0.15) is 0 Å². The molecule has 1 unspecified atom stereocenters. The fraction of sp³-hybridized carbons (Fsp3) is 0.556. The molecule has 1 aromatic carbocycles. The number of carbonyl (C=O) groups excluding carboxylic acids is 2. The van der Waals surface area contributed by atoms with Crippen LogP contribution in [0.25, 0.3) is 0 Å². The van der Waals surface area contributed by atoms with Crippen LogP contribution in [-0.4, -0.2) is 29.1 Å². The summed E-state index contributed by atoms with van der Waals surface area (Å²) in [6, 6.07) is 6.44. The first-order valence-corrected chi connectivity index (χ1v) is 8.58. The van der Waals surface area contributed by atoms with E-state index in [1.54, 1.807) is 12.1 Å². The molecule has 0 aromatic heterocycles. The van der Waals surface area contributed by atoms with Crippen molar-refractivity contribution in [2.24, 2.45) is 11.7 Å². The number of benzene rings is 1. The Morgan fingerprint density at radius 2 is 1.88 bits per heavy atom. The first kappa shape index (κ1) is 18.4. The van der Waals surface area contributed by atoms with Crippen molar-refractivity contribution in [2.45, 2.75) is 57.6 Å². The Kier molecular flexibility index (Phi) is 6.75. The minimum absolute atomic E-state index is 0.422. The van der Waals surface area contributed by atoms with Crippen LogP contribution in [-0.2, 0) is 4.79 Å². The number of amides is 2. The smallest absolute Gasteiger partial charge is 0.269 e. The molecule has 2 atom stereocenters. The number of hydrogen-bond acceptors (Lipinski definition) is 4. The quantitative estimate of drug-likeness (QED) is 0.612. The Hall–Kier alpha value is -1.92. The average molecular weight is 333 g/mol. The van der Waals surface area contributed by atoms with E-state index in [-0.39, 0.29) is 0 Å². The molecular formula is C18H27N3O3. The molecule has 0 aliphatic heterocycles. The zero-order valence-electron chi connectivity index (χ0n) is 14.1. The van der Waals surface area contributed by atoms with Gasteiger partial charge in [0, 0.05) is 11.6 Å². The number of aryl methyl sites for hydroxylation is 1. The number of nitrogens with one attached hydrogen (secondary N) is 2. The summed E-state index contributed by atoms with van der Waals surface area (Å²) < 4.78 is 0. The average Bonchev–Trinajstić information content (AvgIpc) is 2.60. The molecule has 0 heterocycles. The number of nitrogens with two attached hydrogens (primary N) is 1. The number of rotatable bonds is 5. The van der Waals surface area contributed by atoms with Crippen molar-refractivity contribution in [1.82, 2.24) is 10.9 Å². The third-order valence-corrected chi connectivity index (χ3v) is 4.69. The van der Waals surface area contributed by atoms with E-state index in [0.717, 1.165) is 18.4 Å². The highest BCUT2D eigenvalue weighted by Gasteiger charge is 2.26. The summed E-state index contributed by atoms with van der Waals surface area (Å²) in [5.41, 5.74) is 11.8. The molecule has 24 heavy (non-hydrogen) atoms. The summed E-state index contributed by atoms with van der Waals surface area (Å²) in [4.78, 5) is 24.0. The van der Waals surface area contributed by atoms with E-state index >= 15 is 0 Å². The minimum atomic E-state index is -1.33. The van der Waals surface area contributed by atoms with Gasteiger partial charge in [-0.15, -0.1) is 0 Å². The second-order valence-corrected chi connectivity index (χ2v) is 6.61. The predicted octanol–water partition coefficient (Wildman–Crippen LogP) is 1.41. The Morgan fingerprint density at radius 1 is 1.21 bits per heavy atom. The van der Waals surface area contributed by atoms with E-state index in [2.05, 4.69) is 10.9 Å². The maximum Gasteiger partial charge on any atom is 0.269 e. The lowest BCUT2D eigenvalue weighted by Gasteiger charge is -2.26. The summed E-state index contributed by atoms with van der Waals surface area (Å²) in [6.45, 7) is 1.81. The van der Waals surface area contributed by atoms with Crippen LogP contribution < -0.4 is 16.6 Å². The molecule has 1 aliphatic carbocycles. The minimum Gasteiger partial charge on any atom is -0.382 e. The summed E-state index contributed by atoms with van der Waals surface area (Å²) >= 11 is 0. The molecule has 1 aliphatic rings. The van der Waals surface area contributed by atoms with Crippen molar-refractivity contribution in [3.8, 4) is 0 Å². The fourth-order valence-electron chi connectivity index (χ4n) is 3.22. The normalized spacial score (nSPS) is 17.8. The van der Waals surface area contributed by atoms with E-state index in [9.17, 15) is 14.7 Å². The SMILES string of the molecule is Cc1ccccc1C(=O)NNC(=O)C(O)[C@H](N)CC1CCCCC1. The molecule has 1 fully saturated rings. The van der Waals surface area contributed by atoms with Crippen molar-refractivity contribution in [2.75, 3.05) is 0 Å². The number of carbonyl (C=O) groups is 2. The first-order valence-electron chi connectivity index (χ1n) is 8.58. The van der Waals surface area contributed by atoms with Gasteiger partial charge in [0.05, 0.1) is 0 Å². The van der Waals surface area contributed by atoms with Crippen molar-refractivity contribution in [3.63, 3.8) is 0 Å². The Labute approximate surface area is 142 Å². The highest BCUT2D eigenvalue weighted by atomic mass is 16.3. The third-order valence-electron chi connectivity index (χ3n) is 4.69. The summed E-state index contributed by atoms with van der Waals surface area (Å²) in [5, 5.41) is 10.1. The van der Waals surface area contributed by atoms with Crippen molar-refractivity contribution in [3.05, 3.63) is 35.4 Å². The molecule has 0 spiro atoms. The molecule has 0 bridgehead atoms. The molecule has 6 heteroatoms. The Morgan fingerprint density at radius 3 is 2.54 bits per heavy atom. The maximum absolute atomic E-state index is 12.0. The monoisotopic (exact) mass is 333 g/mol. The molecule has 0 saturated heterocycles. The van der Waals surface area contributed by atoms with Crippen LogP contribution >= 0.6 is 0 Å². The standard InChI is InChI=1S/C18H27N3O3/c1-12-7-5-6-10-14(12)17(23)20-21-18(24)16(22)15(19)11-13-8-3-2-4-9-13/h5-7,10,13,15-16,22H,2-4,8-9,11,19H2,1H3,(H,20,23)(H,21,24)/t15-,16?/m1/s1. The van der Waals surface area contributed by atoms with Crippen LogP contribution in [0.1, 0.15) is 54.4 Å². The van der Waals surface area contributed by atoms with Crippen molar-refractivity contribution < 1.29 is 14.7 Å². The van der Waals surface area contributed by atoms with Crippen LogP contribution in [0, 0.1) is 12.8 Å². The van der Waals surface area contributed by atoms with E-state index in [1.807, 2.05) is 19.1 Å². The lowest BCUT2D eigenvalue weighted by atomic mass is 9.84. The molecule has 1 aromatic rings.